The van der Waals surface area contributed by atoms with E-state index < -0.39 is 41.7 Å². The number of nitrogens with zero attached hydrogens (tertiary/aromatic N) is 2. The van der Waals surface area contributed by atoms with E-state index in [1.807, 2.05) is 0 Å². The fraction of sp³-hybridized carbons (Fsp3) is 0.600. The van der Waals surface area contributed by atoms with Gasteiger partial charge in [0.15, 0.2) is 29.7 Å². The van der Waals surface area contributed by atoms with Gasteiger partial charge in [0.05, 0.1) is 42.1 Å². The van der Waals surface area contributed by atoms with Gasteiger partial charge < -0.3 is 42.1 Å². The van der Waals surface area contributed by atoms with Gasteiger partial charge in [0.2, 0.25) is 11.8 Å². The zero-order valence-electron chi connectivity index (χ0n) is 30.6. The number of ketones is 1. The lowest BCUT2D eigenvalue weighted by molar-refractivity contribution is -0.158. The van der Waals surface area contributed by atoms with Crippen LogP contribution in [0.3, 0.4) is 0 Å². The molecule has 0 radical (unpaired) electrons. The molecule has 4 saturated heterocycles. The van der Waals surface area contributed by atoms with Crippen molar-refractivity contribution >= 4 is 58.7 Å². The number of hydrogen-bond acceptors (Lipinski definition) is 17. The second-order valence-electron chi connectivity index (χ2n) is 13.5. The lowest BCUT2D eigenvalue weighted by Crippen LogP contribution is -2.60. The molecule has 0 aliphatic carbocycles. The number of aliphatic hydroxyl groups is 2. The first-order valence-corrected chi connectivity index (χ1v) is 19.9. The number of allylic oxidation sites excluding steroid dienone is 1. The summed E-state index contributed by atoms with van der Waals surface area (Å²) in [6.07, 6.45) is 1.69. The number of ether oxygens (including phenoxy) is 3. The fourth-order valence-electron chi connectivity index (χ4n) is 6.97. The lowest BCUT2D eigenvalue weighted by Gasteiger charge is -2.43. The molecule has 0 spiro atoms. The van der Waals surface area contributed by atoms with Crippen LogP contribution >= 0.6 is 35.1 Å². The number of amides is 2. The Kier molecular flexibility index (Phi) is 12.6. The van der Waals surface area contributed by atoms with Crippen LogP contribution in [0.2, 0.25) is 0 Å². The summed E-state index contributed by atoms with van der Waals surface area (Å²) in [4.78, 5) is 75.0. The Morgan fingerprint density at radius 2 is 1.24 bits per heavy atom. The maximum absolute atomic E-state index is 12.8. The first-order valence-electron chi connectivity index (χ1n) is 17.6. The molecule has 0 saturated carbocycles. The first-order chi connectivity index (χ1) is 26.1. The Morgan fingerprint density at radius 1 is 0.782 bits per heavy atom. The third kappa shape index (κ3) is 8.01. The van der Waals surface area contributed by atoms with Crippen LogP contribution in [0.25, 0.3) is 0 Å². The maximum atomic E-state index is 12.8. The zero-order chi connectivity index (χ0) is 39.9. The van der Waals surface area contributed by atoms with Crippen molar-refractivity contribution in [2.75, 3.05) is 13.2 Å². The summed E-state index contributed by atoms with van der Waals surface area (Å²) in [5.41, 5.74) is 0.645. The number of halogens is 1. The van der Waals surface area contributed by atoms with Crippen molar-refractivity contribution in [3.63, 3.8) is 0 Å². The van der Waals surface area contributed by atoms with Crippen molar-refractivity contribution in [1.82, 2.24) is 9.80 Å². The van der Waals surface area contributed by atoms with Crippen LogP contribution in [0.4, 0.5) is 0 Å². The molecule has 4 fully saturated rings. The van der Waals surface area contributed by atoms with Crippen molar-refractivity contribution < 1.29 is 61.3 Å². The van der Waals surface area contributed by atoms with Crippen molar-refractivity contribution in [3.8, 4) is 0 Å². The van der Waals surface area contributed by atoms with Gasteiger partial charge in [-0.2, -0.15) is 0 Å². The standard InChI is InChI=1S/C17H19NO8S.C13H17NO4S.C5H5ClO3/c1-7(19)11-14(20)18-12(13(27-15(11)18)9-4-3-5-23-9)16(21)24-6-10-8(2)25-17(22)26-10;1-6(15)9-12(17)14-10(7(2)16)11(19-13(9)14)8-4-3-5-18-8;1-3-4(2-6)9-5(7)8-3/h7,9,11,15,19H,3-6H2,1-2H3;6,8-9,13,15H,3-5H2,1-2H3;2H2,1H3/t7-,9-,11+,15-;6-,8-,9+,13-;/m11./s1. The van der Waals surface area contributed by atoms with E-state index in [-0.39, 0.29) is 70.3 Å². The van der Waals surface area contributed by atoms with Crippen LogP contribution in [0, 0.1) is 25.7 Å². The van der Waals surface area contributed by atoms with Crippen LogP contribution in [-0.2, 0) is 45.9 Å². The number of alkyl halides is 1. The topological polar surface area (TPSA) is 230 Å². The van der Waals surface area contributed by atoms with E-state index in [1.54, 1.807) is 25.7 Å². The molecule has 20 heteroatoms. The van der Waals surface area contributed by atoms with Gasteiger partial charge in [-0.25, -0.2) is 14.4 Å². The van der Waals surface area contributed by atoms with E-state index in [2.05, 4.69) is 8.83 Å². The van der Waals surface area contributed by atoms with Crippen LogP contribution in [0.15, 0.2) is 48.5 Å². The predicted octanol–water partition coefficient (Wildman–Crippen LogP) is 3.05. The molecule has 0 aromatic carbocycles. The summed E-state index contributed by atoms with van der Waals surface area (Å²) >= 11 is 8.24. The van der Waals surface area contributed by atoms with Gasteiger partial charge in [-0.1, -0.05) is 23.5 Å². The third-order valence-electron chi connectivity index (χ3n) is 9.75. The Balaban J connectivity index is 0.000000159. The molecule has 0 bridgehead atoms. The number of carbonyl (C=O) groups is 4. The Hall–Kier alpha value is -3.59. The quantitative estimate of drug-likeness (QED) is 0.210. The number of aryl methyl sites for hydroxylation is 2. The summed E-state index contributed by atoms with van der Waals surface area (Å²) < 4.78 is 35.2. The number of rotatable bonds is 9. The molecule has 8 heterocycles. The summed E-state index contributed by atoms with van der Waals surface area (Å²) in [7, 11) is 0. The SMILES string of the molecule is CC(=O)C1=C([C@H]2CCCO2)S[C@@H]2[C@@H]([C@@H](C)O)C(=O)N12.Cc1oc(=O)oc1CCl.Cc1oc(=O)oc1COC(=O)C1=C([C@H]2CCCO2)S[C@@H]2[C@@H]([C@@H](C)O)C(=O)N12. The first kappa shape index (κ1) is 41.1. The molecule has 2 aromatic rings. The average molecular weight is 829 g/mol. The van der Waals surface area contributed by atoms with Crippen LogP contribution < -0.4 is 11.6 Å². The zero-order valence-corrected chi connectivity index (χ0v) is 33.0. The van der Waals surface area contributed by atoms with Crippen LogP contribution in [-0.4, -0.2) is 92.0 Å². The number of β-lactam (4-membered cyclic amide) rings is 2. The van der Waals surface area contributed by atoms with Gasteiger partial charge in [0.25, 0.3) is 0 Å². The third-order valence-corrected chi connectivity index (χ3v) is 12.9. The minimum atomic E-state index is -0.869. The van der Waals surface area contributed by atoms with Crippen LogP contribution in [0.1, 0.15) is 69.5 Å². The number of aliphatic hydroxyl groups excluding tert-OH is 2. The molecule has 300 valence electrons. The number of hydrogen-bond donors (Lipinski definition) is 2. The smallest absolute Gasteiger partial charge is 0.453 e. The lowest BCUT2D eigenvalue weighted by atomic mass is 9.91. The molecule has 2 N–H and O–H groups in total. The van der Waals surface area contributed by atoms with Gasteiger partial charge in [0.1, 0.15) is 27.9 Å². The molecule has 17 nitrogen and oxygen atoms in total. The summed E-state index contributed by atoms with van der Waals surface area (Å²) in [5, 5.41) is 19.1. The molecule has 2 aromatic heterocycles. The summed E-state index contributed by atoms with van der Waals surface area (Å²) in [6, 6.07) is 0. The number of carbonyl (C=O) groups excluding carboxylic acids is 4. The minimum absolute atomic E-state index is 0.0584. The van der Waals surface area contributed by atoms with Crippen molar-refractivity contribution in [1.29, 1.82) is 0 Å². The van der Waals surface area contributed by atoms with E-state index in [4.69, 9.17) is 34.6 Å². The van der Waals surface area contributed by atoms with E-state index >= 15 is 0 Å². The van der Waals surface area contributed by atoms with Gasteiger partial charge >= 0.3 is 17.6 Å². The molecular weight excluding hydrogens is 788 g/mol. The Bertz CT molecular complexity index is 2000. The van der Waals surface area contributed by atoms with Gasteiger partial charge in [0, 0.05) is 29.9 Å². The van der Waals surface area contributed by atoms with E-state index in [1.165, 1.54) is 42.3 Å². The largest absolute Gasteiger partial charge is 0.519 e. The monoisotopic (exact) mass is 828 g/mol. The highest BCUT2D eigenvalue weighted by molar-refractivity contribution is 8.04. The summed E-state index contributed by atoms with van der Waals surface area (Å²) in [6.45, 7) is 8.84. The van der Waals surface area contributed by atoms with Crippen molar-refractivity contribution in [2.24, 2.45) is 11.8 Å². The number of thioether (sulfide) groups is 2. The minimum Gasteiger partial charge on any atom is -0.453 e. The van der Waals surface area contributed by atoms with E-state index in [0.29, 0.717) is 35.3 Å². The maximum Gasteiger partial charge on any atom is 0.519 e. The van der Waals surface area contributed by atoms with E-state index in [9.17, 15) is 39.0 Å². The molecular formula is C35H41ClN2O15S2. The molecule has 55 heavy (non-hydrogen) atoms. The molecule has 8 atom stereocenters. The molecule has 2 amide bonds. The molecule has 0 unspecified atom stereocenters. The number of esters is 1. The Morgan fingerprint density at radius 3 is 1.60 bits per heavy atom. The van der Waals surface area contributed by atoms with E-state index in [0.717, 1.165) is 30.6 Å². The molecule has 6 aliphatic heterocycles. The average Bonchev–Trinajstić information content (AvgIpc) is 3.97. The second kappa shape index (κ2) is 16.9. The second-order valence-corrected chi connectivity index (χ2v) is 16.1. The molecule has 6 aliphatic rings. The highest BCUT2D eigenvalue weighted by Crippen LogP contribution is 2.54. The molecule has 8 rings (SSSR count). The number of fused-ring (bicyclic) bond motifs is 2. The highest BCUT2D eigenvalue weighted by Gasteiger charge is 2.59. The summed E-state index contributed by atoms with van der Waals surface area (Å²) in [5.74, 6) is -2.40. The number of Topliss-reactive ketones (excluding diaryl/α,β-unsaturated/α-hetero) is 1. The predicted molar refractivity (Wildman–Crippen MR) is 193 cm³/mol. The Labute approximate surface area is 327 Å². The van der Waals surface area contributed by atoms with Crippen molar-refractivity contribution in [2.45, 2.75) is 108 Å². The van der Waals surface area contributed by atoms with Crippen molar-refractivity contribution in [3.05, 3.63) is 65.5 Å². The van der Waals surface area contributed by atoms with Gasteiger partial charge in [-0.3, -0.25) is 24.2 Å². The van der Waals surface area contributed by atoms with Gasteiger partial charge in [-0.15, -0.1) is 11.6 Å². The normalized spacial score (nSPS) is 27.8. The fourth-order valence-corrected chi connectivity index (χ4v) is 10.7. The van der Waals surface area contributed by atoms with Crippen LogP contribution in [0.5, 0.6) is 0 Å². The highest BCUT2D eigenvalue weighted by atomic mass is 35.5. The van der Waals surface area contributed by atoms with Gasteiger partial charge in [-0.05, 0) is 53.4 Å².